The number of hydrogen-bond acceptors (Lipinski definition) is 5. The summed E-state index contributed by atoms with van der Waals surface area (Å²) in [6, 6.07) is 17.3. The molecule has 36 heavy (non-hydrogen) atoms. The van der Waals surface area contributed by atoms with E-state index in [4.69, 9.17) is 16.3 Å². The van der Waals surface area contributed by atoms with Crippen LogP contribution < -0.4 is 5.32 Å². The summed E-state index contributed by atoms with van der Waals surface area (Å²) >= 11 is 9.57. The number of halogens is 2. The maximum atomic E-state index is 13.2. The number of nitrogens with one attached hydrogen (secondary N) is 1. The van der Waals surface area contributed by atoms with Gasteiger partial charge in [-0.25, -0.2) is 8.42 Å². The number of sulfonamides is 1. The van der Waals surface area contributed by atoms with Gasteiger partial charge in [0, 0.05) is 41.4 Å². The first-order valence-electron chi connectivity index (χ1n) is 11.2. The van der Waals surface area contributed by atoms with Gasteiger partial charge >= 0.3 is 0 Å². The first-order valence-corrected chi connectivity index (χ1v) is 13.9. The van der Waals surface area contributed by atoms with E-state index in [9.17, 15) is 18.0 Å². The molecule has 1 saturated heterocycles. The van der Waals surface area contributed by atoms with Gasteiger partial charge in [-0.1, -0.05) is 39.7 Å². The Morgan fingerprint density at radius 2 is 1.81 bits per heavy atom. The molecule has 1 unspecified atom stereocenters. The zero-order valence-corrected chi connectivity index (χ0v) is 22.6. The molecule has 1 N–H and O–H groups in total. The van der Waals surface area contributed by atoms with E-state index >= 15 is 0 Å². The zero-order chi connectivity index (χ0) is 25.9. The minimum Gasteiger partial charge on any atom is -0.377 e. The van der Waals surface area contributed by atoms with Gasteiger partial charge in [-0.3, -0.25) is 9.59 Å². The maximum Gasteiger partial charge on any atom is 0.255 e. The third-order valence-electron chi connectivity index (χ3n) is 5.90. The van der Waals surface area contributed by atoms with E-state index in [2.05, 4.69) is 21.2 Å². The topological polar surface area (TPSA) is 92.8 Å². The molecule has 1 aliphatic rings. The van der Waals surface area contributed by atoms with Crippen LogP contribution in [0.3, 0.4) is 0 Å². The molecule has 0 bridgehead atoms. The van der Waals surface area contributed by atoms with Gasteiger partial charge < -0.3 is 10.1 Å². The van der Waals surface area contributed by atoms with Crippen molar-refractivity contribution in [2.75, 3.05) is 25.5 Å². The third kappa shape index (κ3) is 5.87. The fraction of sp³-hybridized carbons (Fsp3) is 0.231. The van der Waals surface area contributed by atoms with Crippen LogP contribution in [0.25, 0.3) is 0 Å². The average Bonchev–Trinajstić information content (AvgIpc) is 3.38. The highest BCUT2D eigenvalue weighted by atomic mass is 79.9. The molecule has 1 heterocycles. The van der Waals surface area contributed by atoms with Crippen molar-refractivity contribution in [2.24, 2.45) is 0 Å². The summed E-state index contributed by atoms with van der Waals surface area (Å²) in [5, 5.41) is 3.06. The van der Waals surface area contributed by atoms with Crippen LogP contribution >= 0.6 is 27.5 Å². The Morgan fingerprint density at radius 3 is 2.47 bits per heavy atom. The van der Waals surface area contributed by atoms with E-state index in [0.717, 1.165) is 12.8 Å². The molecule has 0 aromatic heterocycles. The molecule has 3 aromatic rings. The summed E-state index contributed by atoms with van der Waals surface area (Å²) < 4.78 is 33.3. The second-order valence-electron chi connectivity index (χ2n) is 8.40. The Labute approximate surface area is 223 Å². The third-order valence-corrected chi connectivity index (χ3v) is 8.56. The van der Waals surface area contributed by atoms with Gasteiger partial charge in [0.25, 0.3) is 5.91 Å². The van der Waals surface area contributed by atoms with Crippen molar-refractivity contribution in [2.45, 2.75) is 23.8 Å². The molecule has 3 aromatic carbocycles. The number of carbonyl (C=O) groups excluding carboxylic acids is 2. The smallest absolute Gasteiger partial charge is 0.255 e. The number of amides is 1. The lowest BCUT2D eigenvalue weighted by molar-refractivity contribution is 0.0978. The molecule has 0 aliphatic carbocycles. The second-order valence-corrected chi connectivity index (χ2v) is 11.8. The van der Waals surface area contributed by atoms with Crippen LogP contribution in [0.5, 0.6) is 0 Å². The highest BCUT2D eigenvalue weighted by molar-refractivity contribution is 9.10. The molecule has 1 amide bonds. The Kier molecular flexibility index (Phi) is 8.27. The Hall–Kier alpha value is -2.56. The van der Waals surface area contributed by atoms with E-state index < -0.39 is 15.9 Å². The van der Waals surface area contributed by atoms with Crippen LogP contribution in [0.15, 0.2) is 76.1 Å². The van der Waals surface area contributed by atoms with E-state index in [1.165, 1.54) is 35.6 Å². The summed E-state index contributed by atoms with van der Waals surface area (Å²) in [5.74, 6) is -0.824. The number of rotatable bonds is 8. The molecule has 0 radical (unpaired) electrons. The number of nitrogens with zero attached hydrogens (tertiary/aromatic N) is 1. The zero-order valence-electron chi connectivity index (χ0n) is 19.4. The predicted molar refractivity (Wildman–Crippen MR) is 142 cm³/mol. The number of carbonyl (C=O) groups is 2. The number of likely N-dealkylation sites (N-methyl/N-ethyl adjacent to an activating group) is 1. The number of ketones is 1. The number of ether oxygens (including phenoxy) is 1. The molecular weight excluding hydrogens is 568 g/mol. The fourth-order valence-electron chi connectivity index (χ4n) is 3.93. The van der Waals surface area contributed by atoms with E-state index in [0.29, 0.717) is 27.4 Å². The van der Waals surface area contributed by atoms with Crippen molar-refractivity contribution < 1.29 is 22.7 Å². The van der Waals surface area contributed by atoms with Gasteiger partial charge in [0.1, 0.15) is 0 Å². The van der Waals surface area contributed by atoms with Crippen LogP contribution in [0.2, 0.25) is 5.02 Å². The minimum atomic E-state index is -3.73. The first kappa shape index (κ1) is 26.5. The van der Waals surface area contributed by atoms with Gasteiger partial charge in [0.2, 0.25) is 10.0 Å². The molecular formula is C26H24BrClN2O5S. The Balaban J connectivity index is 1.52. The predicted octanol–water partition coefficient (Wildman–Crippen LogP) is 5.39. The monoisotopic (exact) mass is 590 g/mol. The second kappa shape index (κ2) is 11.2. The molecule has 0 spiro atoms. The molecule has 10 heteroatoms. The fourth-order valence-corrected chi connectivity index (χ4v) is 5.71. The van der Waals surface area contributed by atoms with Gasteiger partial charge in [-0.05, 0) is 67.4 Å². The van der Waals surface area contributed by atoms with E-state index in [1.54, 1.807) is 42.5 Å². The minimum absolute atomic E-state index is 0.0813. The average molecular weight is 592 g/mol. The lowest BCUT2D eigenvalue weighted by atomic mass is 10.0. The largest absolute Gasteiger partial charge is 0.377 e. The molecule has 0 saturated carbocycles. The van der Waals surface area contributed by atoms with Crippen molar-refractivity contribution in [1.29, 1.82) is 0 Å². The molecule has 4 rings (SSSR count). The number of hydrogen-bond donors (Lipinski definition) is 1. The van der Waals surface area contributed by atoms with Gasteiger partial charge in [0.15, 0.2) is 5.78 Å². The van der Waals surface area contributed by atoms with Crippen LogP contribution in [0.4, 0.5) is 5.69 Å². The SMILES string of the molecule is CN(CC1CCCO1)S(=O)(=O)c1ccc(C(=O)Nc2ccc(Br)cc2C(=O)c2ccccc2Cl)cc1. The van der Waals surface area contributed by atoms with E-state index in [-0.39, 0.29) is 34.5 Å². The summed E-state index contributed by atoms with van der Waals surface area (Å²) in [7, 11) is -2.21. The molecule has 188 valence electrons. The number of anilines is 1. The van der Waals surface area contributed by atoms with Crippen LogP contribution in [0.1, 0.15) is 39.1 Å². The lowest BCUT2D eigenvalue weighted by Gasteiger charge is -2.20. The standard InChI is InChI=1S/C26H24BrClN2O5S/c1-30(16-19-5-4-14-35-19)36(33,34)20-11-8-17(9-12-20)26(32)29-24-13-10-18(27)15-22(24)25(31)21-6-2-3-7-23(21)28/h2-3,6-13,15,19H,4-5,14,16H2,1H3,(H,29,32). The van der Waals surface area contributed by atoms with Gasteiger partial charge in [-0.2, -0.15) is 4.31 Å². The summed E-state index contributed by atoms with van der Waals surface area (Å²) in [5.41, 5.74) is 1.13. The van der Waals surface area contributed by atoms with Crippen molar-refractivity contribution in [1.82, 2.24) is 4.31 Å². The summed E-state index contributed by atoms with van der Waals surface area (Å²) in [6.07, 6.45) is 1.64. The lowest BCUT2D eigenvalue weighted by Crippen LogP contribution is -2.34. The van der Waals surface area contributed by atoms with Crippen molar-refractivity contribution in [3.63, 3.8) is 0 Å². The van der Waals surface area contributed by atoms with Gasteiger partial charge in [-0.15, -0.1) is 0 Å². The molecule has 1 aliphatic heterocycles. The molecule has 7 nitrogen and oxygen atoms in total. The normalized spacial score (nSPS) is 15.7. The van der Waals surface area contributed by atoms with Gasteiger partial charge in [0.05, 0.1) is 21.7 Å². The Bertz CT molecular complexity index is 1390. The van der Waals surface area contributed by atoms with Crippen LogP contribution in [-0.4, -0.2) is 50.7 Å². The quantitative estimate of drug-likeness (QED) is 0.355. The van der Waals surface area contributed by atoms with Crippen molar-refractivity contribution in [3.05, 3.63) is 92.9 Å². The molecule has 1 atom stereocenters. The van der Waals surface area contributed by atoms with Crippen molar-refractivity contribution >= 4 is 54.9 Å². The summed E-state index contributed by atoms with van der Waals surface area (Å²) in [4.78, 5) is 26.2. The maximum absolute atomic E-state index is 13.2. The van der Waals surface area contributed by atoms with Crippen LogP contribution in [0, 0.1) is 0 Å². The van der Waals surface area contributed by atoms with Crippen molar-refractivity contribution in [3.8, 4) is 0 Å². The Morgan fingerprint density at radius 1 is 1.08 bits per heavy atom. The number of benzene rings is 3. The summed E-state index contributed by atoms with van der Waals surface area (Å²) in [6.45, 7) is 0.919. The first-order chi connectivity index (χ1) is 17.2. The highest BCUT2D eigenvalue weighted by Crippen LogP contribution is 2.27. The highest BCUT2D eigenvalue weighted by Gasteiger charge is 2.26. The van der Waals surface area contributed by atoms with Crippen LogP contribution in [-0.2, 0) is 14.8 Å². The van der Waals surface area contributed by atoms with E-state index in [1.807, 2.05) is 0 Å². The molecule has 1 fully saturated rings.